The van der Waals surface area contributed by atoms with Crippen molar-refractivity contribution in [3.8, 4) is 0 Å². The van der Waals surface area contributed by atoms with Crippen LogP contribution >= 0.6 is 11.3 Å². The predicted molar refractivity (Wildman–Crippen MR) is 85.6 cm³/mol. The molecule has 2 aromatic rings. The summed E-state index contributed by atoms with van der Waals surface area (Å²) in [5.74, 6) is -0.710. The number of amides is 1. The number of alkyl halides is 3. The normalized spacial score (nSPS) is 12.2. The molecule has 1 aromatic heterocycles. The topological polar surface area (TPSA) is 101 Å². The summed E-state index contributed by atoms with van der Waals surface area (Å²) >= 11 is 0.588. The fourth-order valence-corrected chi connectivity index (χ4v) is 3.53. The first-order chi connectivity index (χ1) is 11.5. The Bertz CT molecular complexity index is 879. The molecule has 7 nitrogen and oxygen atoms in total. The molecule has 0 aliphatic carbocycles. The molecule has 1 aromatic carbocycles. The second-order valence-electron chi connectivity index (χ2n) is 5.20. The number of nitrogens with zero attached hydrogens (tertiary/aromatic N) is 2. The highest BCUT2D eigenvalue weighted by molar-refractivity contribution is 7.94. The van der Waals surface area contributed by atoms with Gasteiger partial charge in [-0.05, 0) is 18.2 Å². The van der Waals surface area contributed by atoms with E-state index >= 15 is 0 Å². The zero-order chi connectivity index (χ0) is 18.8. The minimum absolute atomic E-state index is 0.0249. The van der Waals surface area contributed by atoms with Gasteiger partial charge in [-0.3, -0.25) is 9.52 Å². The SMILES string of the molecule is CC(C)C(=O)Nc1nnc(S(=O)(=O)Nc2cccc(C(F)(F)F)c2)s1. The van der Waals surface area contributed by atoms with E-state index < -0.39 is 26.1 Å². The maximum Gasteiger partial charge on any atom is 0.416 e. The molecule has 0 bridgehead atoms. The molecule has 0 unspecified atom stereocenters. The molecule has 0 aliphatic rings. The lowest BCUT2D eigenvalue weighted by Crippen LogP contribution is -2.17. The first-order valence-corrected chi connectivity index (χ1v) is 9.13. The van der Waals surface area contributed by atoms with Crippen molar-refractivity contribution in [1.82, 2.24) is 10.2 Å². The predicted octanol–water partition coefficient (Wildman–Crippen LogP) is 2.95. The van der Waals surface area contributed by atoms with Gasteiger partial charge in [0, 0.05) is 11.6 Å². The van der Waals surface area contributed by atoms with Gasteiger partial charge in [0.25, 0.3) is 14.4 Å². The van der Waals surface area contributed by atoms with Crippen LogP contribution in [0.5, 0.6) is 0 Å². The van der Waals surface area contributed by atoms with E-state index in [9.17, 15) is 26.4 Å². The summed E-state index contributed by atoms with van der Waals surface area (Å²) in [6.45, 7) is 3.28. The van der Waals surface area contributed by atoms with Crippen LogP contribution in [0.4, 0.5) is 24.0 Å². The Hall–Kier alpha value is -2.21. The number of benzene rings is 1. The Morgan fingerprint density at radius 1 is 1.24 bits per heavy atom. The van der Waals surface area contributed by atoms with Gasteiger partial charge in [-0.15, -0.1) is 10.2 Å². The molecule has 0 fully saturated rings. The summed E-state index contributed by atoms with van der Waals surface area (Å²) in [6.07, 6.45) is -4.60. The standard InChI is InChI=1S/C13H13F3N4O3S2/c1-7(2)10(21)17-11-18-19-12(24-11)25(22,23)20-9-5-3-4-8(6-9)13(14,15)16/h3-7,20H,1-2H3,(H,17,18,21). The smallest absolute Gasteiger partial charge is 0.300 e. The maximum atomic E-state index is 12.7. The van der Waals surface area contributed by atoms with E-state index in [0.717, 1.165) is 12.1 Å². The fraction of sp³-hybridized carbons (Fsp3) is 0.308. The molecule has 1 heterocycles. The minimum Gasteiger partial charge on any atom is -0.300 e. The summed E-state index contributed by atoms with van der Waals surface area (Å²) in [5.41, 5.74) is -1.26. The third kappa shape index (κ3) is 4.89. The number of carbonyl (C=O) groups is 1. The van der Waals surface area contributed by atoms with Crippen LogP contribution in [0, 0.1) is 5.92 Å². The molecule has 0 spiro atoms. The Morgan fingerprint density at radius 2 is 1.92 bits per heavy atom. The van der Waals surface area contributed by atoms with Crippen LogP contribution in [-0.2, 0) is 21.0 Å². The largest absolute Gasteiger partial charge is 0.416 e. The molecule has 0 radical (unpaired) electrons. The number of sulfonamides is 1. The average Bonchev–Trinajstić information content (AvgIpc) is 2.95. The van der Waals surface area contributed by atoms with Gasteiger partial charge in [0.05, 0.1) is 5.56 Å². The van der Waals surface area contributed by atoms with Gasteiger partial charge < -0.3 is 5.32 Å². The van der Waals surface area contributed by atoms with E-state index in [-0.39, 0.29) is 22.6 Å². The van der Waals surface area contributed by atoms with Crippen LogP contribution in [0.15, 0.2) is 28.6 Å². The van der Waals surface area contributed by atoms with Gasteiger partial charge in [-0.1, -0.05) is 31.3 Å². The van der Waals surface area contributed by atoms with Crippen LogP contribution in [0.3, 0.4) is 0 Å². The first-order valence-electron chi connectivity index (χ1n) is 6.83. The van der Waals surface area contributed by atoms with Crippen LogP contribution < -0.4 is 10.0 Å². The van der Waals surface area contributed by atoms with E-state index in [4.69, 9.17) is 0 Å². The lowest BCUT2D eigenvalue weighted by molar-refractivity contribution is -0.137. The third-order valence-corrected chi connectivity index (χ3v) is 5.42. The van der Waals surface area contributed by atoms with Gasteiger partial charge in [0.15, 0.2) is 0 Å². The van der Waals surface area contributed by atoms with Crippen LogP contribution in [0.25, 0.3) is 0 Å². The van der Waals surface area contributed by atoms with Crippen molar-refractivity contribution in [2.75, 3.05) is 10.0 Å². The number of carbonyl (C=O) groups excluding carboxylic acids is 1. The molecule has 12 heteroatoms. The molecule has 2 N–H and O–H groups in total. The molecule has 2 rings (SSSR count). The lowest BCUT2D eigenvalue weighted by atomic mass is 10.2. The van der Waals surface area contributed by atoms with Crippen molar-refractivity contribution >= 4 is 38.1 Å². The molecule has 0 atom stereocenters. The number of hydrogen-bond donors (Lipinski definition) is 2. The molecule has 0 saturated heterocycles. The van der Waals surface area contributed by atoms with E-state index in [1.807, 2.05) is 4.72 Å². The quantitative estimate of drug-likeness (QED) is 0.760. The van der Waals surface area contributed by atoms with Crippen molar-refractivity contribution < 1.29 is 26.4 Å². The fourth-order valence-electron chi connectivity index (χ4n) is 1.58. The molecular weight excluding hydrogens is 381 g/mol. The molecule has 0 aliphatic heterocycles. The van der Waals surface area contributed by atoms with Crippen LogP contribution in [0.2, 0.25) is 0 Å². The van der Waals surface area contributed by atoms with Crippen molar-refractivity contribution in [2.24, 2.45) is 5.92 Å². The second-order valence-corrected chi connectivity index (χ2v) is 8.03. The highest BCUT2D eigenvalue weighted by atomic mass is 32.2. The monoisotopic (exact) mass is 394 g/mol. The van der Waals surface area contributed by atoms with Crippen LogP contribution in [0.1, 0.15) is 19.4 Å². The number of rotatable bonds is 5. The summed E-state index contributed by atoms with van der Waals surface area (Å²) in [4.78, 5) is 11.5. The number of anilines is 2. The highest BCUT2D eigenvalue weighted by Crippen LogP contribution is 2.31. The summed E-state index contributed by atoms with van der Waals surface area (Å²) in [5, 5.41) is 9.36. The Morgan fingerprint density at radius 3 is 2.52 bits per heavy atom. The van der Waals surface area contributed by atoms with Gasteiger partial charge in [0.1, 0.15) is 0 Å². The van der Waals surface area contributed by atoms with Crippen molar-refractivity contribution in [3.63, 3.8) is 0 Å². The molecule has 25 heavy (non-hydrogen) atoms. The Kier molecular flexibility index (Phi) is 5.32. The van der Waals surface area contributed by atoms with E-state index in [0.29, 0.717) is 17.4 Å². The van der Waals surface area contributed by atoms with Crippen molar-refractivity contribution in [1.29, 1.82) is 0 Å². The number of nitrogens with one attached hydrogen (secondary N) is 2. The Labute approximate surface area is 145 Å². The minimum atomic E-state index is -4.60. The number of halogens is 3. The van der Waals surface area contributed by atoms with E-state index in [1.54, 1.807) is 13.8 Å². The average molecular weight is 394 g/mol. The maximum absolute atomic E-state index is 12.7. The van der Waals surface area contributed by atoms with Crippen molar-refractivity contribution in [3.05, 3.63) is 29.8 Å². The summed E-state index contributed by atoms with van der Waals surface area (Å²) in [7, 11) is -4.23. The zero-order valence-corrected chi connectivity index (χ0v) is 14.6. The van der Waals surface area contributed by atoms with Gasteiger partial charge >= 0.3 is 6.18 Å². The third-order valence-electron chi connectivity index (χ3n) is 2.83. The molecular formula is C13H13F3N4O3S2. The zero-order valence-electron chi connectivity index (χ0n) is 13.0. The summed E-state index contributed by atoms with van der Waals surface area (Å²) < 4.78 is 63.9. The molecule has 1 amide bonds. The Balaban J connectivity index is 2.20. The molecule has 0 saturated carbocycles. The number of aromatic nitrogens is 2. The van der Waals surface area contributed by atoms with Gasteiger partial charge in [-0.25, -0.2) is 0 Å². The highest BCUT2D eigenvalue weighted by Gasteiger charge is 2.31. The lowest BCUT2D eigenvalue weighted by Gasteiger charge is -2.09. The second kappa shape index (κ2) is 6.96. The first kappa shape index (κ1) is 19.1. The van der Waals surface area contributed by atoms with E-state index in [2.05, 4.69) is 15.5 Å². The van der Waals surface area contributed by atoms with E-state index in [1.165, 1.54) is 6.07 Å². The number of hydrogen-bond acceptors (Lipinski definition) is 6. The van der Waals surface area contributed by atoms with Crippen LogP contribution in [-0.4, -0.2) is 24.5 Å². The van der Waals surface area contributed by atoms with Gasteiger partial charge in [0.2, 0.25) is 11.0 Å². The van der Waals surface area contributed by atoms with Crippen molar-refractivity contribution in [2.45, 2.75) is 24.4 Å². The van der Waals surface area contributed by atoms with Gasteiger partial charge in [-0.2, -0.15) is 21.6 Å². The molecule has 136 valence electrons. The summed E-state index contributed by atoms with van der Waals surface area (Å²) in [6, 6.07) is 3.74.